The fraction of sp³-hybridized carbons (Fsp3) is 0. The van der Waals surface area contributed by atoms with Crippen molar-refractivity contribution in [3.8, 4) is 0 Å². The second kappa shape index (κ2) is 4.58. The van der Waals surface area contributed by atoms with Gasteiger partial charge in [-0.1, -0.05) is 24.3 Å². The zero-order chi connectivity index (χ0) is 11.8. The van der Waals surface area contributed by atoms with Crippen molar-refractivity contribution in [2.24, 2.45) is 0 Å². The topological polar surface area (TPSA) is 56.0 Å². The van der Waals surface area contributed by atoms with Gasteiger partial charge in [-0.2, -0.15) is 0 Å². The predicted octanol–water partition coefficient (Wildman–Crippen LogP) is 3.72. The molecule has 0 N–H and O–H groups in total. The maximum Gasteiger partial charge on any atom is 0.278 e. The van der Waals surface area contributed by atoms with Gasteiger partial charge >= 0.3 is 0 Å². The van der Waals surface area contributed by atoms with E-state index in [4.69, 9.17) is 0 Å². The first-order chi connectivity index (χ1) is 8.25. The maximum atomic E-state index is 10.9. The average molecular weight is 261 g/mol. The van der Waals surface area contributed by atoms with E-state index >= 15 is 0 Å². The normalized spacial score (nSPS) is 10.2. The van der Waals surface area contributed by atoms with Crippen LogP contribution >= 0.6 is 12.4 Å². The number of fused-ring (bicyclic) bond motifs is 2. The number of rotatable bonds is 1. The molecule has 0 spiro atoms. The monoisotopic (exact) mass is 260 g/mol. The average Bonchev–Trinajstić information content (AvgIpc) is 2.35. The Labute approximate surface area is 109 Å². The molecule has 3 aromatic rings. The van der Waals surface area contributed by atoms with Crippen molar-refractivity contribution in [2.75, 3.05) is 0 Å². The number of hydrogen-bond donors (Lipinski definition) is 0. The lowest BCUT2D eigenvalue weighted by atomic mass is 10.1. The fourth-order valence-electron chi connectivity index (χ4n) is 1.94. The van der Waals surface area contributed by atoms with Crippen LogP contribution in [0.5, 0.6) is 0 Å². The molecule has 0 aliphatic rings. The summed E-state index contributed by atoms with van der Waals surface area (Å²) >= 11 is 0. The molecule has 0 atom stereocenters. The molecule has 0 unspecified atom stereocenters. The number of para-hydroxylation sites is 1. The highest BCUT2D eigenvalue weighted by Gasteiger charge is 2.12. The van der Waals surface area contributed by atoms with Crippen LogP contribution in [-0.4, -0.2) is 9.91 Å². The van der Waals surface area contributed by atoms with Crippen molar-refractivity contribution in [3.63, 3.8) is 0 Å². The second-order valence-corrected chi connectivity index (χ2v) is 3.78. The molecule has 0 saturated carbocycles. The summed E-state index contributed by atoms with van der Waals surface area (Å²) in [7, 11) is 0. The molecule has 18 heavy (non-hydrogen) atoms. The first kappa shape index (κ1) is 12.3. The highest BCUT2D eigenvalue weighted by molar-refractivity contribution is 5.97. The molecule has 0 fully saturated rings. The molecule has 0 radical (unpaired) electrons. The van der Waals surface area contributed by atoms with Crippen molar-refractivity contribution in [2.45, 2.75) is 0 Å². The number of aromatic nitrogens is 1. The van der Waals surface area contributed by atoms with Crippen LogP contribution in [0.25, 0.3) is 21.8 Å². The maximum absolute atomic E-state index is 10.9. The lowest BCUT2D eigenvalue weighted by Crippen LogP contribution is -1.90. The molecular weight excluding hydrogens is 252 g/mol. The van der Waals surface area contributed by atoms with Crippen LogP contribution < -0.4 is 0 Å². The van der Waals surface area contributed by atoms with Gasteiger partial charge in [-0.25, -0.2) is 4.98 Å². The van der Waals surface area contributed by atoms with E-state index in [1.807, 2.05) is 30.3 Å². The van der Waals surface area contributed by atoms with Crippen LogP contribution in [0.4, 0.5) is 5.69 Å². The molecule has 90 valence electrons. The van der Waals surface area contributed by atoms with Gasteiger partial charge in [0.25, 0.3) is 5.69 Å². The summed E-state index contributed by atoms with van der Waals surface area (Å²) in [6.07, 6.45) is 0. The number of non-ortho nitro benzene ring substituents is 1. The van der Waals surface area contributed by atoms with Crippen LogP contribution in [0.15, 0.2) is 48.5 Å². The van der Waals surface area contributed by atoms with E-state index in [0.29, 0.717) is 10.9 Å². The summed E-state index contributed by atoms with van der Waals surface area (Å²) < 4.78 is 0. The highest BCUT2D eigenvalue weighted by Crippen LogP contribution is 2.27. The molecule has 0 aliphatic heterocycles. The third kappa shape index (κ3) is 1.87. The van der Waals surface area contributed by atoms with Crippen molar-refractivity contribution < 1.29 is 4.92 Å². The van der Waals surface area contributed by atoms with Gasteiger partial charge in [0.1, 0.15) is 0 Å². The number of nitro groups is 1. The Kier molecular flexibility index (Phi) is 3.12. The molecule has 1 heterocycles. The lowest BCUT2D eigenvalue weighted by molar-refractivity contribution is -0.383. The molecule has 1 aromatic heterocycles. The SMILES string of the molecule is Cl.O=[N+]([O-])c1cccc2nc3ccccc3cc12. The Morgan fingerprint density at radius 1 is 1.00 bits per heavy atom. The van der Waals surface area contributed by atoms with E-state index in [1.165, 1.54) is 6.07 Å². The van der Waals surface area contributed by atoms with Crippen LogP contribution in [-0.2, 0) is 0 Å². The molecule has 0 bridgehead atoms. The van der Waals surface area contributed by atoms with E-state index in [0.717, 1.165) is 10.9 Å². The van der Waals surface area contributed by atoms with Gasteiger partial charge in [0, 0.05) is 11.5 Å². The summed E-state index contributed by atoms with van der Waals surface area (Å²) in [6, 6.07) is 14.3. The van der Waals surface area contributed by atoms with Gasteiger partial charge in [0.2, 0.25) is 0 Å². The van der Waals surface area contributed by atoms with Gasteiger partial charge in [-0.3, -0.25) is 10.1 Å². The van der Waals surface area contributed by atoms with E-state index in [9.17, 15) is 10.1 Å². The number of halogens is 1. The summed E-state index contributed by atoms with van der Waals surface area (Å²) in [6.45, 7) is 0. The Hall–Kier alpha value is -2.20. The van der Waals surface area contributed by atoms with E-state index in [2.05, 4.69) is 4.98 Å². The molecule has 3 rings (SSSR count). The van der Waals surface area contributed by atoms with Gasteiger partial charge in [-0.05, 0) is 18.2 Å². The summed E-state index contributed by atoms with van der Waals surface area (Å²) in [5.74, 6) is 0. The molecule has 0 aliphatic carbocycles. The first-order valence-corrected chi connectivity index (χ1v) is 5.18. The zero-order valence-corrected chi connectivity index (χ0v) is 10.1. The Bertz CT molecular complexity index is 743. The van der Waals surface area contributed by atoms with Crippen molar-refractivity contribution in [3.05, 3.63) is 58.6 Å². The molecule has 4 nitrogen and oxygen atoms in total. The predicted molar refractivity (Wildman–Crippen MR) is 73.2 cm³/mol. The Morgan fingerprint density at radius 3 is 2.50 bits per heavy atom. The van der Waals surface area contributed by atoms with Crippen molar-refractivity contribution >= 4 is 39.9 Å². The highest BCUT2D eigenvalue weighted by atomic mass is 35.5. The van der Waals surface area contributed by atoms with E-state index in [-0.39, 0.29) is 23.0 Å². The number of hydrogen-bond acceptors (Lipinski definition) is 3. The summed E-state index contributed by atoms with van der Waals surface area (Å²) in [5.41, 5.74) is 1.60. The van der Waals surface area contributed by atoms with Crippen LogP contribution in [0, 0.1) is 10.1 Å². The number of nitro benzene ring substituents is 1. The number of nitrogens with zero attached hydrogens (tertiary/aromatic N) is 2. The minimum Gasteiger partial charge on any atom is -0.258 e. The summed E-state index contributed by atoms with van der Waals surface area (Å²) in [5, 5.41) is 12.4. The zero-order valence-electron chi connectivity index (χ0n) is 9.24. The largest absolute Gasteiger partial charge is 0.278 e. The van der Waals surface area contributed by atoms with E-state index in [1.54, 1.807) is 12.1 Å². The third-order valence-electron chi connectivity index (χ3n) is 2.73. The Morgan fingerprint density at radius 2 is 1.72 bits per heavy atom. The first-order valence-electron chi connectivity index (χ1n) is 5.18. The van der Waals surface area contributed by atoms with Gasteiger partial charge in [-0.15, -0.1) is 12.4 Å². The quantitative estimate of drug-likeness (QED) is 0.381. The fourth-order valence-corrected chi connectivity index (χ4v) is 1.94. The standard InChI is InChI=1S/C13H8N2O2.ClH/c16-15(17)13-7-3-6-12-10(13)8-9-4-1-2-5-11(9)14-12;/h1-8H;1H. The summed E-state index contributed by atoms with van der Waals surface area (Å²) in [4.78, 5) is 15.0. The minimum atomic E-state index is -0.376. The molecule has 2 aromatic carbocycles. The van der Waals surface area contributed by atoms with Crippen LogP contribution in [0.1, 0.15) is 0 Å². The number of pyridine rings is 1. The van der Waals surface area contributed by atoms with Gasteiger partial charge in [0.05, 0.1) is 21.3 Å². The Balaban J connectivity index is 0.00000120. The molecule has 0 amide bonds. The molecular formula is C13H9ClN2O2. The molecule has 5 heteroatoms. The third-order valence-corrected chi connectivity index (χ3v) is 2.73. The van der Waals surface area contributed by atoms with Gasteiger partial charge in [0.15, 0.2) is 0 Å². The van der Waals surface area contributed by atoms with Crippen molar-refractivity contribution in [1.29, 1.82) is 0 Å². The van der Waals surface area contributed by atoms with Crippen LogP contribution in [0.2, 0.25) is 0 Å². The second-order valence-electron chi connectivity index (χ2n) is 3.78. The smallest absolute Gasteiger partial charge is 0.258 e. The van der Waals surface area contributed by atoms with Gasteiger partial charge < -0.3 is 0 Å². The minimum absolute atomic E-state index is 0. The number of benzene rings is 2. The van der Waals surface area contributed by atoms with Crippen molar-refractivity contribution in [1.82, 2.24) is 4.98 Å². The van der Waals surface area contributed by atoms with Crippen LogP contribution in [0.3, 0.4) is 0 Å². The lowest BCUT2D eigenvalue weighted by Gasteiger charge is -2.01. The molecule has 0 saturated heterocycles. The van der Waals surface area contributed by atoms with E-state index < -0.39 is 0 Å².